The Bertz CT molecular complexity index is 719. The average Bonchev–Trinajstić information content (AvgIpc) is 2.79. The molecule has 0 atom stereocenters. The highest BCUT2D eigenvalue weighted by Crippen LogP contribution is 2.19. The standard InChI is InChI=1S/C11H13N3O3S2/c1-9-4-5-11(18-9)19(16,17)13-7-8-14-10(15)3-2-6-12-14/h2-6,13H,7-8H2,1H3. The minimum absolute atomic E-state index is 0.121. The van der Waals surface area contributed by atoms with E-state index in [1.54, 1.807) is 12.1 Å². The lowest BCUT2D eigenvalue weighted by Crippen LogP contribution is -2.31. The minimum atomic E-state index is -3.50. The van der Waals surface area contributed by atoms with E-state index in [0.29, 0.717) is 0 Å². The summed E-state index contributed by atoms with van der Waals surface area (Å²) in [5.74, 6) is 0. The van der Waals surface area contributed by atoms with Gasteiger partial charge in [0.05, 0.1) is 6.54 Å². The van der Waals surface area contributed by atoms with E-state index in [4.69, 9.17) is 0 Å². The topological polar surface area (TPSA) is 81.1 Å². The van der Waals surface area contributed by atoms with Gasteiger partial charge in [-0.05, 0) is 25.1 Å². The zero-order chi connectivity index (χ0) is 13.9. The molecule has 2 heterocycles. The van der Waals surface area contributed by atoms with Crippen molar-refractivity contribution >= 4 is 21.4 Å². The van der Waals surface area contributed by atoms with Crippen molar-refractivity contribution < 1.29 is 8.42 Å². The first kappa shape index (κ1) is 13.9. The van der Waals surface area contributed by atoms with Gasteiger partial charge < -0.3 is 0 Å². The molecule has 0 spiro atoms. The molecule has 19 heavy (non-hydrogen) atoms. The Kier molecular flexibility index (Phi) is 4.13. The number of rotatable bonds is 5. The van der Waals surface area contributed by atoms with Crippen molar-refractivity contribution in [3.05, 3.63) is 45.7 Å². The first-order valence-corrected chi connectivity index (χ1v) is 7.87. The molecule has 0 bridgehead atoms. The van der Waals surface area contributed by atoms with Gasteiger partial charge in [-0.3, -0.25) is 4.79 Å². The van der Waals surface area contributed by atoms with E-state index < -0.39 is 10.0 Å². The largest absolute Gasteiger partial charge is 0.268 e. The maximum Gasteiger partial charge on any atom is 0.266 e. The molecule has 2 aromatic rings. The van der Waals surface area contributed by atoms with E-state index in [0.717, 1.165) is 4.88 Å². The lowest BCUT2D eigenvalue weighted by molar-refractivity contribution is 0.548. The molecule has 102 valence electrons. The molecule has 0 aliphatic carbocycles. The molecule has 1 N–H and O–H groups in total. The normalized spacial score (nSPS) is 11.6. The lowest BCUT2D eigenvalue weighted by atomic mass is 10.5. The fourth-order valence-corrected chi connectivity index (χ4v) is 3.82. The maximum absolute atomic E-state index is 11.9. The molecule has 0 aliphatic heterocycles. The zero-order valence-corrected chi connectivity index (χ0v) is 11.9. The fourth-order valence-electron chi connectivity index (χ4n) is 1.47. The van der Waals surface area contributed by atoms with Gasteiger partial charge in [0.15, 0.2) is 0 Å². The number of hydrogen-bond acceptors (Lipinski definition) is 5. The van der Waals surface area contributed by atoms with Crippen LogP contribution >= 0.6 is 11.3 Å². The van der Waals surface area contributed by atoms with Crippen molar-refractivity contribution in [3.8, 4) is 0 Å². The number of nitrogens with one attached hydrogen (secondary N) is 1. The van der Waals surface area contributed by atoms with Gasteiger partial charge in [0.25, 0.3) is 5.56 Å². The van der Waals surface area contributed by atoms with Gasteiger partial charge in [-0.2, -0.15) is 5.10 Å². The quantitative estimate of drug-likeness (QED) is 0.876. The third kappa shape index (κ3) is 3.49. The summed E-state index contributed by atoms with van der Waals surface area (Å²) in [6.07, 6.45) is 1.48. The van der Waals surface area contributed by atoms with Crippen LogP contribution in [0.25, 0.3) is 0 Å². The molecule has 0 radical (unpaired) electrons. The Hall–Kier alpha value is -1.51. The van der Waals surface area contributed by atoms with E-state index in [-0.39, 0.29) is 22.9 Å². The van der Waals surface area contributed by atoms with Crippen LogP contribution in [0.3, 0.4) is 0 Å². The summed E-state index contributed by atoms with van der Waals surface area (Å²) >= 11 is 1.21. The summed E-state index contributed by atoms with van der Waals surface area (Å²) in [5, 5.41) is 3.85. The molecular weight excluding hydrogens is 286 g/mol. The smallest absolute Gasteiger partial charge is 0.266 e. The highest BCUT2D eigenvalue weighted by Gasteiger charge is 2.15. The molecule has 0 aromatic carbocycles. The van der Waals surface area contributed by atoms with E-state index in [2.05, 4.69) is 9.82 Å². The highest BCUT2D eigenvalue weighted by atomic mass is 32.2. The molecule has 2 aromatic heterocycles. The van der Waals surface area contributed by atoms with Crippen molar-refractivity contribution in [2.24, 2.45) is 0 Å². The molecule has 0 amide bonds. The van der Waals surface area contributed by atoms with Crippen LogP contribution in [0, 0.1) is 6.92 Å². The molecule has 0 saturated heterocycles. The van der Waals surface area contributed by atoms with Gasteiger partial charge in [-0.25, -0.2) is 17.8 Å². The second kappa shape index (κ2) is 5.64. The number of sulfonamides is 1. The van der Waals surface area contributed by atoms with Gasteiger partial charge in [0.1, 0.15) is 4.21 Å². The van der Waals surface area contributed by atoms with Crippen LogP contribution < -0.4 is 10.3 Å². The Morgan fingerprint density at radius 2 is 2.16 bits per heavy atom. The third-order valence-corrected chi connectivity index (χ3v) is 5.34. The van der Waals surface area contributed by atoms with Gasteiger partial charge in [0, 0.05) is 23.7 Å². The van der Waals surface area contributed by atoms with Crippen LogP contribution in [0.5, 0.6) is 0 Å². The molecular formula is C11H13N3O3S2. The molecule has 0 aliphatic rings. The average molecular weight is 299 g/mol. The van der Waals surface area contributed by atoms with Gasteiger partial charge in [-0.15, -0.1) is 11.3 Å². The van der Waals surface area contributed by atoms with Crippen molar-refractivity contribution in [1.29, 1.82) is 0 Å². The van der Waals surface area contributed by atoms with Crippen LogP contribution in [0.4, 0.5) is 0 Å². The highest BCUT2D eigenvalue weighted by molar-refractivity contribution is 7.91. The van der Waals surface area contributed by atoms with Gasteiger partial charge >= 0.3 is 0 Å². The van der Waals surface area contributed by atoms with Gasteiger partial charge in [0.2, 0.25) is 10.0 Å². The molecule has 8 heteroatoms. The predicted molar refractivity (Wildman–Crippen MR) is 72.7 cm³/mol. The van der Waals surface area contributed by atoms with Crippen LogP contribution in [0.1, 0.15) is 4.88 Å². The molecule has 2 rings (SSSR count). The van der Waals surface area contributed by atoms with Crippen molar-refractivity contribution in [3.63, 3.8) is 0 Å². The van der Waals surface area contributed by atoms with E-state index in [1.807, 2.05) is 6.92 Å². The number of nitrogens with zero attached hydrogens (tertiary/aromatic N) is 2. The third-order valence-electron chi connectivity index (χ3n) is 2.38. The van der Waals surface area contributed by atoms with Crippen molar-refractivity contribution in [1.82, 2.24) is 14.5 Å². The minimum Gasteiger partial charge on any atom is -0.268 e. The maximum atomic E-state index is 11.9. The summed E-state index contributed by atoms with van der Waals surface area (Å²) in [6.45, 7) is 2.16. The lowest BCUT2D eigenvalue weighted by Gasteiger charge is -2.05. The van der Waals surface area contributed by atoms with E-state index in [1.165, 1.54) is 34.3 Å². The predicted octanol–water partition coefficient (Wildman–Crippen LogP) is 0.592. The summed E-state index contributed by atoms with van der Waals surface area (Å²) in [7, 11) is -3.50. The molecule has 0 fully saturated rings. The zero-order valence-electron chi connectivity index (χ0n) is 10.2. The van der Waals surface area contributed by atoms with Crippen molar-refractivity contribution in [2.75, 3.05) is 6.54 Å². The van der Waals surface area contributed by atoms with Crippen LogP contribution in [0.15, 0.2) is 39.5 Å². The Labute approximate surface area is 114 Å². The van der Waals surface area contributed by atoms with Gasteiger partial charge in [-0.1, -0.05) is 0 Å². The second-order valence-corrected chi connectivity index (χ2v) is 7.13. The Morgan fingerprint density at radius 3 is 2.79 bits per heavy atom. The van der Waals surface area contributed by atoms with E-state index >= 15 is 0 Å². The number of aromatic nitrogens is 2. The summed E-state index contributed by atoms with van der Waals surface area (Å²) in [4.78, 5) is 12.3. The number of aryl methyl sites for hydroxylation is 1. The first-order chi connectivity index (χ1) is 8.99. The molecule has 0 unspecified atom stereocenters. The summed E-state index contributed by atoms with van der Waals surface area (Å²) in [5.41, 5.74) is -0.256. The summed E-state index contributed by atoms with van der Waals surface area (Å²) in [6, 6.07) is 6.24. The van der Waals surface area contributed by atoms with Crippen LogP contribution in [-0.2, 0) is 16.6 Å². The monoisotopic (exact) mass is 299 g/mol. The SMILES string of the molecule is Cc1ccc(S(=O)(=O)NCCn2ncccc2=O)s1. The molecule has 6 nitrogen and oxygen atoms in total. The molecule has 0 saturated carbocycles. The fraction of sp³-hybridized carbons (Fsp3) is 0.273. The number of thiophene rings is 1. The van der Waals surface area contributed by atoms with Crippen molar-refractivity contribution in [2.45, 2.75) is 17.7 Å². The van der Waals surface area contributed by atoms with Crippen LogP contribution in [-0.4, -0.2) is 24.7 Å². The Balaban J connectivity index is 2.00. The summed E-state index contributed by atoms with van der Waals surface area (Å²) < 4.78 is 27.8. The second-order valence-electron chi connectivity index (χ2n) is 3.85. The first-order valence-electron chi connectivity index (χ1n) is 5.57. The van der Waals surface area contributed by atoms with Crippen LogP contribution in [0.2, 0.25) is 0 Å². The number of hydrogen-bond donors (Lipinski definition) is 1. The van der Waals surface area contributed by atoms with E-state index in [9.17, 15) is 13.2 Å². The Morgan fingerprint density at radius 1 is 1.37 bits per heavy atom.